The number of carbonyl (C=O) groups excluding carboxylic acids is 2. The summed E-state index contributed by atoms with van der Waals surface area (Å²) in [4.78, 5) is 27.4. The number of methoxy groups -OCH3 is 1. The third-order valence-corrected chi connectivity index (χ3v) is 18.6. The quantitative estimate of drug-likeness (QED) is 0.192. The van der Waals surface area contributed by atoms with E-state index in [9.17, 15) is 30.3 Å². The Hall–Kier alpha value is -3.38. The van der Waals surface area contributed by atoms with E-state index < -0.39 is 64.9 Å². The molecule has 328 valence electrons. The van der Waals surface area contributed by atoms with Gasteiger partial charge in [0.1, 0.15) is 46.4 Å². The highest BCUT2D eigenvalue weighted by molar-refractivity contribution is 6.08. The number of phenolic OH excluding ortho intramolecular Hbond substituents is 2. The summed E-state index contributed by atoms with van der Waals surface area (Å²) in [6.45, 7) is 18.2. The molecule has 4 fully saturated rings. The third-order valence-electron chi connectivity index (χ3n) is 18.6. The number of Topliss-reactive ketones (excluding diaryl/α,β-unsaturated/α-hetero) is 1. The largest absolute Gasteiger partial charge is 0.508 e. The van der Waals surface area contributed by atoms with E-state index in [1.165, 1.54) is 6.92 Å². The van der Waals surface area contributed by atoms with Crippen LogP contribution in [-0.2, 0) is 33.7 Å². The average Bonchev–Trinajstić information content (AvgIpc) is 3.86. The Morgan fingerprint density at radius 1 is 0.800 bits per heavy atom. The van der Waals surface area contributed by atoms with Gasteiger partial charge in [0.15, 0.2) is 5.78 Å². The van der Waals surface area contributed by atoms with Gasteiger partial charge in [-0.3, -0.25) is 9.59 Å². The van der Waals surface area contributed by atoms with Crippen LogP contribution < -0.4 is 9.47 Å². The number of carbonyl (C=O) groups is 2. The van der Waals surface area contributed by atoms with Gasteiger partial charge in [-0.1, -0.05) is 55.4 Å². The van der Waals surface area contributed by atoms with Crippen molar-refractivity contribution >= 4 is 11.8 Å². The summed E-state index contributed by atoms with van der Waals surface area (Å²) in [5, 5.41) is 57.6. The second-order valence-electron chi connectivity index (χ2n) is 21.8. The zero-order valence-electron chi connectivity index (χ0n) is 37.1. The molecule has 11 heteroatoms. The molecule has 2 aromatic carbocycles. The topological polar surface area (TPSA) is 172 Å². The lowest BCUT2D eigenvalue weighted by atomic mass is 9.43. The van der Waals surface area contributed by atoms with Gasteiger partial charge in [-0.2, -0.15) is 0 Å². The van der Waals surface area contributed by atoms with E-state index in [1.54, 1.807) is 19.2 Å². The number of ether oxygens (including phenoxy) is 4. The lowest BCUT2D eigenvalue weighted by molar-refractivity contribution is -0.246. The van der Waals surface area contributed by atoms with Crippen LogP contribution in [0.25, 0.3) is 0 Å². The van der Waals surface area contributed by atoms with Crippen LogP contribution in [0, 0.1) is 45.3 Å². The molecule has 2 heterocycles. The number of rotatable bonds is 4. The molecule has 0 saturated heterocycles. The second kappa shape index (κ2) is 13.3. The summed E-state index contributed by atoms with van der Waals surface area (Å²) >= 11 is 0. The molecule has 2 aliphatic heterocycles. The van der Waals surface area contributed by atoms with Crippen LogP contribution in [0.4, 0.5) is 0 Å². The van der Waals surface area contributed by atoms with Gasteiger partial charge in [-0.25, -0.2) is 0 Å². The van der Waals surface area contributed by atoms with Crippen LogP contribution in [0.15, 0.2) is 12.1 Å². The maximum absolute atomic E-state index is 15.1. The zero-order chi connectivity index (χ0) is 43.4. The standard InChI is InChI=1S/C49H66O11/c1-23-11-13-33-44(4,5)35(55)15-16-46(33,8)48(23)19-28-30(52)17-26(22-50)36(40(28)59-48)38-39(56)27-18-31(53)29-20-49(60-41(29)37(27)42(38)57-10)24(2)12-14-34-45(6,7)43(58-25(3)51)32(54)21-47(34,49)9/h17-18,23-24,32-35,38,42-43,50,52-55H,11-16,19-22H2,1-10H3/t23-,24-,32-,33+,34+,35-,38-,42-,43-,46+,47+,48-,49-/m1/s1. The van der Waals surface area contributed by atoms with Gasteiger partial charge in [0.2, 0.25) is 0 Å². The molecule has 2 spiro atoms. The molecule has 4 saturated carbocycles. The van der Waals surface area contributed by atoms with Crippen molar-refractivity contribution in [1.82, 2.24) is 0 Å². The molecule has 13 atom stereocenters. The molecule has 11 nitrogen and oxygen atoms in total. The Kier molecular flexibility index (Phi) is 9.31. The van der Waals surface area contributed by atoms with Crippen molar-refractivity contribution < 1.29 is 54.1 Å². The van der Waals surface area contributed by atoms with Gasteiger partial charge in [-0.05, 0) is 91.7 Å². The second-order valence-corrected chi connectivity index (χ2v) is 21.8. The molecule has 5 aliphatic carbocycles. The first kappa shape index (κ1) is 41.9. The van der Waals surface area contributed by atoms with Crippen molar-refractivity contribution in [2.45, 2.75) is 168 Å². The van der Waals surface area contributed by atoms with Gasteiger partial charge < -0.3 is 44.5 Å². The monoisotopic (exact) mass is 830 g/mol. The van der Waals surface area contributed by atoms with Gasteiger partial charge in [-0.15, -0.1) is 0 Å². The van der Waals surface area contributed by atoms with Crippen LogP contribution in [0.2, 0.25) is 0 Å². The first-order chi connectivity index (χ1) is 28.1. The summed E-state index contributed by atoms with van der Waals surface area (Å²) in [5.74, 6) is -0.661. The minimum absolute atomic E-state index is 0.00266. The fourth-order valence-electron chi connectivity index (χ4n) is 15.6. The van der Waals surface area contributed by atoms with Crippen molar-refractivity contribution in [3.8, 4) is 23.0 Å². The Morgan fingerprint density at radius 2 is 1.35 bits per heavy atom. The molecule has 0 unspecified atom stereocenters. The molecule has 2 aromatic rings. The minimum atomic E-state index is -0.984. The highest BCUT2D eigenvalue weighted by Gasteiger charge is 2.71. The molecule has 60 heavy (non-hydrogen) atoms. The van der Waals surface area contributed by atoms with E-state index >= 15 is 4.79 Å². The molecular formula is C49H66O11. The Balaban J connectivity index is 1.15. The van der Waals surface area contributed by atoms with Gasteiger partial charge >= 0.3 is 5.97 Å². The molecule has 5 N–H and O–H groups in total. The molecule has 0 bridgehead atoms. The number of aliphatic hydroxyl groups is 3. The van der Waals surface area contributed by atoms with Crippen molar-refractivity contribution in [2.24, 2.45) is 45.3 Å². The highest BCUT2D eigenvalue weighted by atomic mass is 16.6. The lowest BCUT2D eigenvalue weighted by Crippen LogP contribution is -2.69. The summed E-state index contributed by atoms with van der Waals surface area (Å²) < 4.78 is 27.0. The Labute approximate surface area is 354 Å². The van der Waals surface area contributed by atoms with E-state index in [4.69, 9.17) is 18.9 Å². The number of hydrogen-bond acceptors (Lipinski definition) is 11. The number of fused-ring (bicyclic) bond motifs is 8. The normalized spacial score (nSPS) is 41.8. The number of esters is 1. The van der Waals surface area contributed by atoms with Crippen LogP contribution in [-0.4, -0.2) is 73.9 Å². The smallest absolute Gasteiger partial charge is 0.303 e. The van der Waals surface area contributed by atoms with Gasteiger partial charge in [0.25, 0.3) is 0 Å². The van der Waals surface area contributed by atoms with E-state index in [0.717, 1.165) is 32.1 Å². The summed E-state index contributed by atoms with van der Waals surface area (Å²) in [6, 6.07) is 3.11. The zero-order valence-corrected chi connectivity index (χ0v) is 37.1. The van der Waals surface area contributed by atoms with Crippen molar-refractivity contribution in [3.63, 3.8) is 0 Å². The Bertz CT molecular complexity index is 2160. The fraction of sp³-hybridized carbons (Fsp3) is 0.714. The van der Waals surface area contributed by atoms with E-state index in [-0.39, 0.29) is 57.3 Å². The number of hydrogen-bond donors (Lipinski definition) is 5. The molecule has 7 aliphatic rings. The maximum atomic E-state index is 15.1. The van der Waals surface area contributed by atoms with Gasteiger partial charge in [0.05, 0.1) is 24.7 Å². The predicted molar refractivity (Wildman–Crippen MR) is 222 cm³/mol. The number of phenols is 2. The number of ketones is 1. The summed E-state index contributed by atoms with van der Waals surface area (Å²) in [5.41, 5.74) is -0.660. The Morgan fingerprint density at radius 3 is 1.92 bits per heavy atom. The molecular weight excluding hydrogens is 765 g/mol. The van der Waals surface area contributed by atoms with E-state index in [0.29, 0.717) is 65.0 Å². The first-order valence-corrected chi connectivity index (χ1v) is 22.4. The van der Waals surface area contributed by atoms with Crippen LogP contribution in [0.1, 0.15) is 157 Å². The van der Waals surface area contributed by atoms with Crippen molar-refractivity contribution in [2.75, 3.05) is 7.11 Å². The lowest BCUT2D eigenvalue weighted by Gasteiger charge is -2.65. The SMILES string of the molecule is CO[C@@H]1c2c(cc(O)c3c2O[C@]2(C3)[C@H](C)CC[C@H]3C(C)(C)[C@H](OC(C)=O)[C@H](O)C[C@@]32C)C(=O)[C@H]1c1c(CO)cc(O)c2c1O[C@]1(C2)[C@H](C)CC[C@H]2C(C)(C)[C@H](O)CC[C@@]21C. The van der Waals surface area contributed by atoms with Gasteiger partial charge in [0, 0.05) is 70.9 Å². The fourth-order valence-corrected chi connectivity index (χ4v) is 15.6. The van der Waals surface area contributed by atoms with E-state index in [1.807, 2.05) is 0 Å². The first-order valence-electron chi connectivity index (χ1n) is 22.4. The molecule has 0 amide bonds. The van der Waals surface area contributed by atoms with Crippen LogP contribution >= 0.6 is 0 Å². The maximum Gasteiger partial charge on any atom is 0.303 e. The van der Waals surface area contributed by atoms with Crippen LogP contribution in [0.5, 0.6) is 23.0 Å². The number of aromatic hydroxyl groups is 2. The summed E-state index contributed by atoms with van der Waals surface area (Å²) in [6.07, 6.45) is 3.02. The molecule has 0 radical (unpaired) electrons. The van der Waals surface area contributed by atoms with E-state index in [2.05, 4.69) is 55.4 Å². The highest BCUT2D eigenvalue weighted by Crippen LogP contribution is 2.71. The van der Waals surface area contributed by atoms with Crippen LogP contribution in [0.3, 0.4) is 0 Å². The number of benzene rings is 2. The number of aliphatic hydroxyl groups excluding tert-OH is 3. The summed E-state index contributed by atoms with van der Waals surface area (Å²) in [7, 11) is 1.56. The van der Waals surface area contributed by atoms with Crippen molar-refractivity contribution in [1.29, 1.82) is 0 Å². The molecule has 9 rings (SSSR count). The third kappa shape index (κ3) is 5.09. The minimum Gasteiger partial charge on any atom is -0.508 e. The average molecular weight is 831 g/mol. The molecule has 0 aromatic heterocycles. The predicted octanol–water partition coefficient (Wildman–Crippen LogP) is 7.61. The van der Waals surface area contributed by atoms with Crippen molar-refractivity contribution in [3.05, 3.63) is 45.5 Å².